The quantitative estimate of drug-likeness (QED) is 0.551. The number of methoxy groups -OCH3 is 1. The van der Waals surface area contributed by atoms with Gasteiger partial charge in [-0.05, 0) is 30.5 Å². The molecule has 3 rings (SSSR count). The first-order chi connectivity index (χ1) is 13.5. The second kappa shape index (κ2) is 9.34. The van der Waals surface area contributed by atoms with E-state index in [4.69, 9.17) is 4.74 Å². The third-order valence-electron chi connectivity index (χ3n) is 5.76. The molecule has 1 N–H and O–H groups in total. The number of aliphatic hydroxyl groups is 1. The molecule has 2 amide bonds. The van der Waals surface area contributed by atoms with Crippen LogP contribution < -0.4 is 4.90 Å². The van der Waals surface area contributed by atoms with Gasteiger partial charge < -0.3 is 19.6 Å². The number of carbonyl (C=O) groups excluding carboxylic acids is 2. The summed E-state index contributed by atoms with van der Waals surface area (Å²) in [5.41, 5.74) is 1.97. The van der Waals surface area contributed by atoms with E-state index in [2.05, 4.69) is 6.92 Å². The predicted molar refractivity (Wildman–Crippen MR) is 108 cm³/mol. The molecular weight excluding hydrogens is 356 g/mol. The minimum atomic E-state index is -0.121. The smallest absolute Gasteiger partial charge is 0.228 e. The van der Waals surface area contributed by atoms with Crippen LogP contribution in [0.4, 0.5) is 5.69 Å². The van der Waals surface area contributed by atoms with Gasteiger partial charge in [-0.1, -0.05) is 31.2 Å². The second-order valence-electron chi connectivity index (χ2n) is 7.60. The van der Waals surface area contributed by atoms with E-state index in [1.54, 1.807) is 16.9 Å². The average Bonchev–Trinajstić information content (AvgIpc) is 3.17. The summed E-state index contributed by atoms with van der Waals surface area (Å²) in [7, 11) is 1.68. The fourth-order valence-corrected chi connectivity index (χ4v) is 4.04. The van der Waals surface area contributed by atoms with Gasteiger partial charge in [-0.25, -0.2) is 0 Å². The molecule has 0 bridgehead atoms. The van der Waals surface area contributed by atoms with Crippen molar-refractivity contribution in [3.8, 4) is 0 Å². The minimum absolute atomic E-state index is 0.0261. The van der Waals surface area contributed by atoms with Crippen molar-refractivity contribution in [2.45, 2.75) is 44.8 Å². The number of hydrogen-bond donors (Lipinski definition) is 1. The summed E-state index contributed by atoms with van der Waals surface area (Å²) in [5, 5.41) is 9.37. The van der Waals surface area contributed by atoms with Gasteiger partial charge in [-0.15, -0.1) is 0 Å². The summed E-state index contributed by atoms with van der Waals surface area (Å²) in [6.07, 6.45) is 6.60. The number of amides is 2. The Kier molecular flexibility index (Phi) is 6.86. The second-order valence-corrected chi connectivity index (χ2v) is 7.60. The Labute approximate surface area is 166 Å². The summed E-state index contributed by atoms with van der Waals surface area (Å²) in [5.74, 6) is 0.331. The zero-order valence-corrected chi connectivity index (χ0v) is 16.7. The third-order valence-corrected chi connectivity index (χ3v) is 5.76. The summed E-state index contributed by atoms with van der Waals surface area (Å²) in [4.78, 5) is 27.5. The number of anilines is 1. The Balaban J connectivity index is 1.57. The highest BCUT2D eigenvalue weighted by Crippen LogP contribution is 2.30. The predicted octanol–water partition coefficient (Wildman–Crippen LogP) is 2.68. The van der Waals surface area contributed by atoms with E-state index in [9.17, 15) is 14.7 Å². The molecule has 2 saturated heterocycles. The highest BCUT2D eigenvalue weighted by molar-refractivity contribution is 5.99. The first kappa shape index (κ1) is 20.6. The number of likely N-dealkylation sites (tertiary alicyclic amines) is 1. The Morgan fingerprint density at radius 1 is 1.32 bits per heavy atom. The summed E-state index contributed by atoms with van der Waals surface area (Å²) < 4.78 is 5.69. The molecule has 2 heterocycles. The highest BCUT2D eigenvalue weighted by atomic mass is 16.5. The van der Waals surface area contributed by atoms with Gasteiger partial charge in [0, 0.05) is 44.6 Å². The molecule has 2 fully saturated rings. The van der Waals surface area contributed by atoms with E-state index < -0.39 is 0 Å². The fraction of sp³-hybridized carbons (Fsp3) is 0.545. The van der Waals surface area contributed by atoms with Crippen LogP contribution in [0.15, 0.2) is 36.4 Å². The lowest BCUT2D eigenvalue weighted by Crippen LogP contribution is -2.43. The van der Waals surface area contributed by atoms with Crippen molar-refractivity contribution in [2.75, 3.05) is 31.7 Å². The lowest BCUT2D eigenvalue weighted by atomic mass is 9.96. The van der Waals surface area contributed by atoms with Crippen molar-refractivity contribution in [3.05, 3.63) is 42.0 Å². The van der Waals surface area contributed by atoms with Gasteiger partial charge in [0.2, 0.25) is 11.8 Å². The van der Waals surface area contributed by atoms with Crippen LogP contribution in [0, 0.1) is 5.92 Å². The maximum absolute atomic E-state index is 12.4. The molecule has 1 aromatic rings. The molecular formula is C22H30N2O4. The van der Waals surface area contributed by atoms with Crippen molar-refractivity contribution in [1.29, 1.82) is 0 Å². The normalized spacial score (nSPS) is 21.8. The fourth-order valence-electron chi connectivity index (χ4n) is 4.04. The molecule has 0 aromatic heterocycles. The first-order valence-corrected chi connectivity index (χ1v) is 10.0. The molecule has 3 atom stereocenters. The maximum Gasteiger partial charge on any atom is 0.228 e. The van der Waals surface area contributed by atoms with Crippen molar-refractivity contribution >= 4 is 17.5 Å². The van der Waals surface area contributed by atoms with Crippen molar-refractivity contribution in [2.24, 2.45) is 5.92 Å². The van der Waals surface area contributed by atoms with Gasteiger partial charge in [0.1, 0.15) is 0 Å². The van der Waals surface area contributed by atoms with E-state index in [1.807, 2.05) is 36.4 Å². The SMILES string of the molecule is CO[C@@H](c1ccc(N2CCC2=O)cc1)[C@@H](C)/C=C/CC(=O)N1CCC[C@H]1CO. The highest BCUT2D eigenvalue weighted by Gasteiger charge is 2.27. The lowest BCUT2D eigenvalue weighted by Gasteiger charge is -2.31. The van der Waals surface area contributed by atoms with E-state index >= 15 is 0 Å². The molecule has 6 nitrogen and oxygen atoms in total. The van der Waals surface area contributed by atoms with Gasteiger partial charge in [0.15, 0.2) is 0 Å². The monoisotopic (exact) mass is 386 g/mol. The molecule has 0 unspecified atom stereocenters. The molecule has 28 heavy (non-hydrogen) atoms. The molecule has 152 valence electrons. The molecule has 0 saturated carbocycles. The van der Waals surface area contributed by atoms with Gasteiger partial charge in [0.25, 0.3) is 0 Å². The van der Waals surface area contributed by atoms with Crippen molar-refractivity contribution in [3.63, 3.8) is 0 Å². The van der Waals surface area contributed by atoms with E-state index in [1.165, 1.54) is 0 Å². The standard InChI is InChI=1S/C22H30N2O4/c1-16(5-3-7-20(26)23-13-4-6-19(23)15-25)22(28-2)17-8-10-18(11-9-17)24-14-12-21(24)27/h3,5,8-11,16,19,22,25H,4,6-7,12-15H2,1-2H3/b5-3+/t16-,19-,22+/m0/s1. The van der Waals surface area contributed by atoms with Gasteiger partial charge in [0.05, 0.1) is 18.8 Å². The van der Waals surface area contributed by atoms with Crippen LogP contribution >= 0.6 is 0 Å². The number of β-lactam (4-membered cyclic amide) rings is 1. The Morgan fingerprint density at radius 3 is 2.64 bits per heavy atom. The largest absolute Gasteiger partial charge is 0.394 e. The number of ether oxygens (including phenoxy) is 1. The van der Waals surface area contributed by atoms with Crippen LogP contribution in [0.3, 0.4) is 0 Å². The van der Waals surface area contributed by atoms with Gasteiger partial charge >= 0.3 is 0 Å². The summed E-state index contributed by atoms with van der Waals surface area (Å²) >= 11 is 0. The molecule has 6 heteroatoms. The Morgan fingerprint density at radius 2 is 2.07 bits per heavy atom. The van der Waals surface area contributed by atoms with E-state index in [0.29, 0.717) is 12.8 Å². The van der Waals surface area contributed by atoms with E-state index in [0.717, 1.165) is 37.2 Å². The number of carbonyl (C=O) groups is 2. The number of aliphatic hydroxyl groups excluding tert-OH is 1. The molecule has 2 aliphatic heterocycles. The van der Waals surface area contributed by atoms with Crippen molar-refractivity contribution in [1.82, 2.24) is 4.90 Å². The molecule has 0 aliphatic carbocycles. The van der Waals surface area contributed by atoms with Crippen LogP contribution in [0.1, 0.15) is 44.3 Å². The summed E-state index contributed by atoms with van der Waals surface area (Å²) in [6, 6.07) is 7.89. The van der Waals surface area contributed by atoms with Gasteiger partial charge in [-0.3, -0.25) is 9.59 Å². The molecule has 0 spiro atoms. The number of hydrogen-bond acceptors (Lipinski definition) is 4. The van der Waals surface area contributed by atoms with Crippen molar-refractivity contribution < 1.29 is 19.4 Å². The number of benzene rings is 1. The average molecular weight is 386 g/mol. The van der Waals surface area contributed by atoms with Crippen LogP contribution in [-0.4, -0.2) is 54.7 Å². The van der Waals surface area contributed by atoms with Crippen LogP contribution in [-0.2, 0) is 14.3 Å². The molecule has 0 radical (unpaired) electrons. The molecule has 2 aliphatic rings. The topological polar surface area (TPSA) is 70.1 Å². The van der Waals surface area contributed by atoms with Crippen LogP contribution in [0.2, 0.25) is 0 Å². The minimum Gasteiger partial charge on any atom is -0.394 e. The number of rotatable bonds is 8. The van der Waals surface area contributed by atoms with Gasteiger partial charge in [-0.2, -0.15) is 0 Å². The Hall–Kier alpha value is -2.18. The maximum atomic E-state index is 12.4. The third kappa shape index (κ3) is 4.45. The van der Waals surface area contributed by atoms with Crippen LogP contribution in [0.5, 0.6) is 0 Å². The lowest BCUT2D eigenvalue weighted by molar-refractivity contribution is -0.131. The van der Waals surface area contributed by atoms with Crippen LogP contribution in [0.25, 0.3) is 0 Å². The molecule has 1 aromatic carbocycles. The van der Waals surface area contributed by atoms with E-state index in [-0.39, 0.29) is 36.5 Å². The zero-order valence-electron chi connectivity index (χ0n) is 16.7. The number of nitrogens with zero attached hydrogens (tertiary/aromatic N) is 2. The summed E-state index contributed by atoms with van der Waals surface area (Å²) in [6.45, 7) is 3.62. The zero-order chi connectivity index (χ0) is 20.1. The Bertz CT molecular complexity index is 716. The first-order valence-electron chi connectivity index (χ1n) is 10.0.